The lowest BCUT2D eigenvalue weighted by atomic mass is 9.79. The Kier molecular flexibility index (Phi) is 6.96. The van der Waals surface area contributed by atoms with Gasteiger partial charge in [-0.05, 0) is 47.0 Å². The highest BCUT2D eigenvalue weighted by Crippen LogP contribution is 2.37. The quantitative estimate of drug-likeness (QED) is 0.677. The molecule has 0 unspecified atom stereocenters. The molecular formula is C17H36N2O. The number of hydrogen-bond donors (Lipinski definition) is 1. The van der Waals surface area contributed by atoms with Crippen molar-refractivity contribution in [3.8, 4) is 0 Å². The van der Waals surface area contributed by atoms with Gasteiger partial charge in [0, 0.05) is 17.1 Å². The summed E-state index contributed by atoms with van der Waals surface area (Å²) in [6, 6.07) is 0.286. The number of rotatable bonds is 8. The van der Waals surface area contributed by atoms with E-state index in [1.165, 1.54) is 38.5 Å². The van der Waals surface area contributed by atoms with E-state index in [0.717, 1.165) is 19.4 Å². The molecule has 1 aliphatic rings. The van der Waals surface area contributed by atoms with Gasteiger partial charge in [0.05, 0.1) is 6.61 Å². The van der Waals surface area contributed by atoms with Crippen LogP contribution in [0.3, 0.4) is 0 Å². The molecule has 0 saturated carbocycles. The average molecular weight is 284 g/mol. The molecule has 3 heteroatoms. The summed E-state index contributed by atoms with van der Waals surface area (Å²) in [6.45, 7) is 12.1. The molecule has 20 heavy (non-hydrogen) atoms. The first-order valence-corrected chi connectivity index (χ1v) is 8.48. The first-order valence-electron chi connectivity index (χ1n) is 8.48. The summed E-state index contributed by atoms with van der Waals surface area (Å²) in [4.78, 5) is 6.15. The van der Waals surface area contributed by atoms with Crippen molar-refractivity contribution in [1.82, 2.24) is 5.06 Å². The smallest absolute Gasteiger partial charge is 0.0685 e. The van der Waals surface area contributed by atoms with Gasteiger partial charge >= 0.3 is 0 Å². The van der Waals surface area contributed by atoms with Crippen molar-refractivity contribution < 1.29 is 4.84 Å². The van der Waals surface area contributed by atoms with Crippen LogP contribution in [-0.4, -0.2) is 28.8 Å². The summed E-state index contributed by atoms with van der Waals surface area (Å²) in [5, 5.41) is 2.22. The molecule has 120 valence electrons. The molecule has 1 heterocycles. The fraction of sp³-hybridized carbons (Fsp3) is 1.00. The average Bonchev–Trinajstić information content (AvgIpc) is 2.28. The molecule has 1 saturated heterocycles. The van der Waals surface area contributed by atoms with Crippen molar-refractivity contribution >= 4 is 0 Å². The number of nitrogens with zero attached hydrogens (tertiary/aromatic N) is 1. The second kappa shape index (κ2) is 7.77. The molecule has 0 amide bonds. The number of hydrogen-bond acceptors (Lipinski definition) is 3. The third kappa shape index (κ3) is 5.34. The van der Waals surface area contributed by atoms with E-state index in [4.69, 9.17) is 10.6 Å². The lowest BCUT2D eigenvalue weighted by molar-refractivity contribution is -0.283. The molecule has 0 radical (unpaired) electrons. The van der Waals surface area contributed by atoms with Crippen LogP contribution in [0.15, 0.2) is 0 Å². The largest absolute Gasteiger partial charge is 0.328 e. The third-order valence-electron chi connectivity index (χ3n) is 4.34. The van der Waals surface area contributed by atoms with Crippen molar-refractivity contribution in [3.05, 3.63) is 0 Å². The summed E-state index contributed by atoms with van der Waals surface area (Å²) in [7, 11) is 0. The van der Waals surface area contributed by atoms with Crippen LogP contribution in [0, 0.1) is 0 Å². The Morgan fingerprint density at radius 2 is 1.45 bits per heavy atom. The SMILES string of the molecule is CCCCCCCCON1C(C)(C)CC(N)CC1(C)C. The fourth-order valence-electron chi connectivity index (χ4n) is 3.73. The minimum absolute atomic E-state index is 0.0311. The molecule has 0 aliphatic carbocycles. The highest BCUT2D eigenvalue weighted by molar-refractivity contribution is 4.98. The molecule has 2 N–H and O–H groups in total. The summed E-state index contributed by atoms with van der Waals surface area (Å²) in [5.74, 6) is 0. The maximum atomic E-state index is 6.19. The van der Waals surface area contributed by atoms with Gasteiger partial charge in [-0.3, -0.25) is 4.84 Å². The van der Waals surface area contributed by atoms with Crippen LogP contribution in [0.1, 0.15) is 86.0 Å². The van der Waals surface area contributed by atoms with Gasteiger partial charge in [-0.25, -0.2) is 0 Å². The van der Waals surface area contributed by atoms with Crippen molar-refractivity contribution in [1.29, 1.82) is 0 Å². The van der Waals surface area contributed by atoms with Gasteiger partial charge < -0.3 is 5.73 Å². The van der Waals surface area contributed by atoms with E-state index in [0.29, 0.717) is 0 Å². The Bertz CT molecular complexity index is 258. The first-order chi connectivity index (χ1) is 9.29. The van der Waals surface area contributed by atoms with Gasteiger partial charge in [0.15, 0.2) is 0 Å². The van der Waals surface area contributed by atoms with Crippen LogP contribution in [0.5, 0.6) is 0 Å². The Morgan fingerprint density at radius 3 is 2.00 bits per heavy atom. The van der Waals surface area contributed by atoms with E-state index in [1.807, 2.05) is 0 Å². The van der Waals surface area contributed by atoms with Gasteiger partial charge in [-0.2, -0.15) is 5.06 Å². The third-order valence-corrected chi connectivity index (χ3v) is 4.34. The van der Waals surface area contributed by atoms with E-state index in [2.05, 4.69) is 39.7 Å². The van der Waals surface area contributed by atoms with E-state index >= 15 is 0 Å². The Balaban J connectivity index is 2.33. The van der Waals surface area contributed by atoms with Gasteiger partial charge in [0.1, 0.15) is 0 Å². The normalized spacial score (nSPS) is 23.1. The molecule has 0 atom stereocenters. The number of hydroxylamine groups is 2. The summed E-state index contributed by atoms with van der Waals surface area (Å²) in [5.41, 5.74) is 6.25. The second-order valence-electron chi connectivity index (χ2n) is 7.69. The highest BCUT2D eigenvalue weighted by Gasteiger charge is 2.45. The molecule has 1 aliphatic heterocycles. The number of piperidine rings is 1. The van der Waals surface area contributed by atoms with E-state index < -0.39 is 0 Å². The molecule has 0 aromatic carbocycles. The number of unbranched alkanes of at least 4 members (excludes halogenated alkanes) is 5. The van der Waals surface area contributed by atoms with Crippen molar-refractivity contribution in [2.45, 2.75) is 103 Å². The molecule has 1 rings (SSSR count). The van der Waals surface area contributed by atoms with E-state index in [-0.39, 0.29) is 17.1 Å². The monoisotopic (exact) mass is 284 g/mol. The zero-order chi connectivity index (χ0) is 15.2. The van der Waals surface area contributed by atoms with Crippen LogP contribution in [0.25, 0.3) is 0 Å². The van der Waals surface area contributed by atoms with Crippen LogP contribution < -0.4 is 5.73 Å². The topological polar surface area (TPSA) is 38.5 Å². The van der Waals surface area contributed by atoms with Crippen LogP contribution in [0.2, 0.25) is 0 Å². The van der Waals surface area contributed by atoms with Gasteiger partial charge in [-0.15, -0.1) is 0 Å². The summed E-state index contributed by atoms with van der Waals surface area (Å²) < 4.78 is 0. The molecule has 0 spiro atoms. The molecule has 0 aromatic rings. The van der Waals surface area contributed by atoms with Crippen molar-refractivity contribution in [2.75, 3.05) is 6.61 Å². The molecule has 3 nitrogen and oxygen atoms in total. The molecule has 1 fully saturated rings. The fourth-order valence-corrected chi connectivity index (χ4v) is 3.73. The van der Waals surface area contributed by atoms with Crippen LogP contribution >= 0.6 is 0 Å². The lowest BCUT2D eigenvalue weighted by Gasteiger charge is -2.53. The number of nitrogens with two attached hydrogens (primary N) is 1. The first kappa shape index (κ1) is 17.9. The zero-order valence-corrected chi connectivity index (χ0v) is 14.4. The Labute approximate surface area is 126 Å². The Hall–Kier alpha value is -0.120. The van der Waals surface area contributed by atoms with Crippen LogP contribution in [-0.2, 0) is 4.84 Å². The van der Waals surface area contributed by atoms with Crippen molar-refractivity contribution in [2.24, 2.45) is 5.73 Å². The zero-order valence-electron chi connectivity index (χ0n) is 14.4. The van der Waals surface area contributed by atoms with Gasteiger partial charge in [0.2, 0.25) is 0 Å². The Morgan fingerprint density at radius 1 is 0.950 bits per heavy atom. The van der Waals surface area contributed by atoms with E-state index in [1.54, 1.807) is 0 Å². The van der Waals surface area contributed by atoms with Gasteiger partial charge in [0.25, 0.3) is 0 Å². The predicted octanol–water partition coefficient (Wildman–Crippen LogP) is 4.26. The highest BCUT2D eigenvalue weighted by atomic mass is 16.7. The van der Waals surface area contributed by atoms with Gasteiger partial charge in [-0.1, -0.05) is 39.0 Å². The van der Waals surface area contributed by atoms with Crippen LogP contribution in [0.4, 0.5) is 0 Å². The minimum atomic E-state index is 0.0311. The lowest BCUT2D eigenvalue weighted by Crippen LogP contribution is -2.63. The van der Waals surface area contributed by atoms with E-state index in [9.17, 15) is 0 Å². The standard InChI is InChI=1S/C17H36N2O/c1-6-7-8-9-10-11-12-20-19-16(2,3)13-15(18)14-17(19,4)5/h15H,6-14,18H2,1-5H3. The maximum absolute atomic E-state index is 6.19. The minimum Gasteiger partial charge on any atom is -0.328 e. The summed E-state index contributed by atoms with van der Waals surface area (Å²) >= 11 is 0. The maximum Gasteiger partial charge on any atom is 0.0685 e. The van der Waals surface area contributed by atoms with Crippen molar-refractivity contribution in [3.63, 3.8) is 0 Å². The molecular weight excluding hydrogens is 248 g/mol. The molecule has 0 bridgehead atoms. The summed E-state index contributed by atoms with van der Waals surface area (Å²) in [6.07, 6.45) is 9.85. The molecule has 0 aromatic heterocycles. The second-order valence-corrected chi connectivity index (χ2v) is 7.69. The predicted molar refractivity (Wildman–Crippen MR) is 86.5 cm³/mol.